The van der Waals surface area contributed by atoms with Crippen LogP contribution in [-0.2, 0) is 4.79 Å². The Hall–Kier alpha value is -2.60. The average molecular weight is 452 g/mol. The van der Waals surface area contributed by atoms with Gasteiger partial charge in [-0.3, -0.25) is 4.79 Å². The van der Waals surface area contributed by atoms with Crippen LogP contribution in [0.25, 0.3) is 6.08 Å². The smallest absolute Gasteiger partial charge is 0.264 e. The third-order valence-corrected chi connectivity index (χ3v) is 7.08. The summed E-state index contributed by atoms with van der Waals surface area (Å²) in [6, 6.07) is 10.8. The Bertz CT molecular complexity index is 1120. The van der Waals surface area contributed by atoms with Gasteiger partial charge in [0.1, 0.15) is 5.82 Å². The summed E-state index contributed by atoms with van der Waals surface area (Å²) in [5, 5.41) is 3.32. The Morgan fingerprint density at radius 2 is 1.94 bits per heavy atom. The van der Waals surface area contributed by atoms with Gasteiger partial charge in [-0.25, -0.2) is 9.38 Å². The Morgan fingerprint density at radius 1 is 1.25 bits per heavy atom. The summed E-state index contributed by atoms with van der Waals surface area (Å²) < 4.78 is 13.1. The van der Waals surface area contributed by atoms with Gasteiger partial charge in [0.25, 0.3) is 5.91 Å². The lowest BCUT2D eigenvalue weighted by Crippen LogP contribution is -2.51. The maximum absolute atomic E-state index is 13.1. The highest BCUT2D eigenvalue weighted by Gasteiger charge is 2.38. The molecule has 0 bridgehead atoms. The minimum atomic E-state index is -0.311. The van der Waals surface area contributed by atoms with Crippen LogP contribution in [0.1, 0.15) is 63.6 Å². The zero-order valence-corrected chi connectivity index (χ0v) is 20.3. The molecule has 1 amide bonds. The third-order valence-electron chi connectivity index (χ3n) is 6.17. The fourth-order valence-corrected chi connectivity index (χ4v) is 5.83. The monoisotopic (exact) mass is 451 g/mol. The second-order valence-electron chi connectivity index (χ2n) is 9.61. The van der Waals surface area contributed by atoms with Crippen molar-refractivity contribution in [3.63, 3.8) is 0 Å². The summed E-state index contributed by atoms with van der Waals surface area (Å²) in [5.41, 5.74) is 5.53. The fourth-order valence-electron chi connectivity index (χ4n) is 5.00. The second kappa shape index (κ2) is 8.39. The molecule has 2 aliphatic rings. The van der Waals surface area contributed by atoms with Crippen LogP contribution in [0, 0.1) is 12.7 Å². The molecule has 0 spiro atoms. The van der Waals surface area contributed by atoms with Crippen LogP contribution >= 0.6 is 11.8 Å². The van der Waals surface area contributed by atoms with Crippen molar-refractivity contribution in [1.29, 1.82) is 0 Å². The lowest BCUT2D eigenvalue weighted by molar-refractivity contribution is -0.115. The van der Waals surface area contributed by atoms with E-state index in [1.807, 2.05) is 6.08 Å². The van der Waals surface area contributed by atoms with Gasteiger partial charge in [0, 0.05) is 17.3 Å². The number of thioether (sulfide) groups is 1. The van der Waals surface area contributed by atoms with Gasteiger partial charge in [0.15, 0.2) is 5.17 Å². The number of nitrogens with zero attached hydrogens (tertiary/aromatic N) is 2. The third kappa shape index (κ3) is 4.33. The number of hydrogen-bond acceptors (Lipinski definition) is 4. The summed E-state index contributed by atoms with van der Waals surface area (Å²) in [6.45, 7) is 13.5. The molecule has 1 N–H and O–H groups in total. The number of carbonyl (C=O) groups excluding carboxylic acids is 1. The molecule has 1 atom stereocenters. The summed E-state index contributed by atoms with van der Waals surface area (Å²) in [7, 11) is 0. The maximum Gasteiger partial charge on any atom is 0.264 e. The Balaban J connectivity index is 1.67. The van der Waals surface area contributed by atoms with Gasteiger partial charge in [-0.2, -0.15) is 0 Å². The van der Waals surface area contributed by atoms with Gasteiger partial charge in [-0.15, -0.1) is 0 Å². The molecule has 0 radical (unpaired) electrons. The summed E-state index contributed by atoms with van der Waals surface area (Å²) in [6.07, 6.45) is 3.04. The average Bonchev–Trinajstić information content (AvgIpc) is 3.02. The highest BCUT2D eigenvalue weighted by atomic mass is 32.2. The zero-order chi connectivity index (χ0) is 23.2. The van der Waals surface area contributed by atoms with Gasteiger partial charge >= 0.3 is 0 Å². The van der Waals surface area contributed by atoms with E-state index in [9.17, 15) is 9.18 Å². The quantitative estimate of drug-likeness (QED) is 0.540. The number of benzene rings is 2. The van der Waals surface area contributed by atoms with Crippen LogP contribution < -0.4 is 10.2 Å². The highest BCUT2D eigenvalue weighted by Crippen LogP contribution is 2.45. The van der Waals surface area contributed by atoms with Crippen LogP contribution in [-0.4, -0.2) is 22.7 Å². The number of halogens is 1. The SMILES string of the molecule is Cc1cc2c(cc1/C=C1\SC(=Nc3ccc(F)cc3)NC1=O)[C@H](C)CC(C)(C)N2C(C)C. The van der Waals surface area contributed by atoms with Crippen molar-refractivity contribution in [3.8, 4) is 0 Å². The molecule has 2 aromatic carbocycles. The van der Waals surface area contributed by atoms with Crippen LogP contribution in [0.15, 0.2) is 46.3 Å². The molecule has 0 aliphatic carbocycles. The van der Waals surface area contributed by atoms with Gasteiger partial charge < -0.3 is 10.2 Å². The Morgan fingerprint density at radius 3 is 2.59 bits per heavy atom. The molecule has 2 aromatic rings. The van der Waals surface area contributed by atoms with E-state index >= 15 is 0 Å². The number of hydrogen-bond donors (Lipinski definition) is 1. The van der Waals surface area contributed by atoms with Crippen LogP contribution in [0.4, 0.5) is 15.8 Å². The second-order valence-corrected chi connectivity index (χ2v) is 10.6. The number of rotatable bonds is 3. The summed E-state index contributed by atoms with van der Waals surface area (Å²) in [4.78, 5) is 20.1. The molecular formula is C26H30FN3OS. The van der Waals surface area contributed by atoms with Gasteiger partial charge in [0.2, 0.25) is 0 Å². The van der Waals surface area contributed by atoms with E-state index in [1.54, 1.807) is 12.1 Å². The van der Waals surface area contributed by atoms with Crippen LogP contribution in [0.3, 0.4) is 0 Å². The van der Waals surface area contributed by atoms with E-state index in [0.29, 0.717) is 27.7 Å². The van der Waals surface area contributed by atoms with E-state index in [0.717, 1.165) is 17.5 Å². The summed E-state index contributed by atoms with van der Waals surface area (Å²) >= 11 is 1.31. The Labute approximate surface area is 194 Å². The first-order valence-corrected chi connectivity index (χ1v) is 11.9. The van der Waals surface area contributed by atoms with E-state index in [4.69, 9.17) is 0 Å². The largest absolute Gasteiger partial charge is 0.364 e. The van der Waals surface area contributed by atoms with E-state index in [1.165, 1.54) is 35.1 Å². The molecule has 168 valence electrons. The van der Waals surface area contributed by atoms with E-state index in [2.05, 4.69) is 68.9 Å². The minimum absolute atomic E-state index is 0.0971. The van der Waals surface area contributed by atoms with Gasteiger partial charge in [-0.05, 0) is 118 Å². The van der Waals surface area contributed by atoms with Crippen molar-refractivity contribution >= 4 is 40.3 Å². The normalized spacial score (nSPS) is 22.6. The van der Waals surface area contributed by atoms with Crippen molar-refractivity contribution in [2.24, 2.45) is 4.99 Å². The maximum atomic E-state index is 13.1. The molecule has 1 fully saturated rings. The van der Waals surface area contributed by atoms with Crippen molar-refractivity contribution in [2.75, 3.05) is 4.90 Å². The van der Waals surface area contributed by atoms with Crippen LogP contribution in [0.5, 0.6) is 0 Å². The number of anilines is 1. The zero-order valence-electron chi connectivity index (χ0n) is 19.5. The topological polar surface area (TPSA) is 44.7 Å². The predicted octanol–water partition coefficient (Wildman–Crippen LogP) is 6.53. The van der Waals surface area contributed by atoms with Gasteiger partial charge in [0.05, 0.1) is 10.6 Å². The molecule has 6 heteroatoms. The molecule has 4 nitrogen and oxygen atoms in total. The van der Waals surface area contributed by atoms with E-state index < -0.39 is 0 Å². The summed E-state index contributed by atoms with van der Waals surface area (Å²) in [5.74, 6) is -0.0337. The molecule has 0 aromatic heterocycles. The van der Waals surface area contributed by atoms with Crippen molar-refractivity contribution in [3.05, 3.63) is 63.8 Å². The Kier molecular flexibility index (Phi) is 5.93. The van der Waals surface area contributed by atoms with E-state index in [-0.39, 0.29) is 17.3 Å². The number of carbonyl (C=O) groups is 1. The number of aliphatic imine (C=N–C) groups is 1. The number of nitrogens with one attached hydrogen (secondary N) is 1. The lowest BCUT2D eigenvalue weighted by Gasteiger charge is -2.50. The molecule has 32 heavy (non-hydrogen) atoms. The first-order chi connectivity index (χ1) is 15.0. The molecule has 0 unspecified atom stereocenters. The number of aryl methyl sites for hydroxylation is 1. The van der Waals surface area contributed by atoms with Crippen molar-refractivity contribution < 1.29 is 9.18 Å². The standard InChI is InChI=1S/C26H30FN3OS/c1-15(2)30-22-11-16(3)18(12-21(22)17(4)14-26(30,5)6)13-23-24(31)29-25(32-23)28-20-9-7-19(27)8-10-20/h7-13,15,17H,14H2,1-6H3,(H,28,29,31)/b23-13-/t17-/m1/s1. The van der Waals surface area contributed by atoms with Crippen molar-refractivity contribution in [2.45, 2.75) is 65.5 Å². The minimum Gasteiger partial charge on any atom is -0.364 e. The molecule has 0 saturated carbocycles. The highest BCUT2D eigenvalue weighted by molar-refractivity contribution is 8.18. The molecule has 2 heterocycles. The van der Waals surface area contributed by atoms with Gasteiger partial charge in [-0.1, -0.05) is 6.92 Å². The molecule has 2 aliphatic heterocycles. The molecular weight excluding hydrogens is 421 g/mol. The molecule has 4 rings (SSSR count). The number of amidine groups is 1. The van der Waals surface area contributed by atoms with Crippen molar-refractivity contribution in [1.82, 2.24) is 5.32 Å². The molecule has 1 saturated heterocycles. The number of amides is 1. The number of fused-ring (bicyclic) bond motifs is 1. The fraction of sp³-hybridized carbons (Fsp3) is 0.385. The van der Waals surface area contributed by atoms with Crippen LogP contribution in [0.2, 0.25) is 0 Å². The first-order valence-electron chi connectivity index (χ1n) is 11.0. The predicted molar refractivity (Wildman–Crippen MR) is 133 cm³/mol. The lowest BCUT2D eigenvalue weighted by atomic mass is 9.78. The first kappa shape index (κ1) is 22.6.